The zero-order valence-electron chi connectivity index (χ0n) is 79.3. The molecule has 10 fully saturated rings. The molecule has 0 aliphatic heterocycles. The van der Waals surface area contributed by atoms with Gasteiger partial charge in [-0.2, -0.15) is 0 Å². The molecule has 4 amide bonds. The van der Waals surface area contributed by atoms with Gasteiger partial charge in [0.2, 0.25) is 11.8 Å². The number of carbonyl (C=O) groups is 8. The Morgan fingerprint density at radius 2 is 0.690 bits per heavy atom. The number of halogens is 4. The summed E-state index contributed by atoms with van der Waals surface area (Å²) in [7, 11) is 0. The summed E-state index contributed by atoms with van der Waals surface area (Å²) in [5, 5.41) is 58.1. The minimum atomic E-state index is -1.99. The predicted molar refractivity (Wildman–Crippen MR) is 478 cm³/mol. The van der Waals surface area contributed by atoms with E-state index < -0.39 is 119 Å². The lowest BCUT2D eigenvalue weighted by Gasteiger charge is -2.64. The second-order valence-corrected chi connectivity index (χ2v) is 44.2. The molecule has 0 aromatic carbocycles. The van der Waals surface area contributed by atoms with E-state index in [0.717, 1.165) is 68.1 Å². The molecular weight excluding hydrogens is 1610 g/mol. The lowest BCUT2D eigenvalue weighted by atomic mass is 9.42. The number of amides is 4. The van der Waals surface area contributed by atoms with Crippen LogP contribution >= 0.6 is 0 Å². The van der Waals surface area contributed by atoms with Crippen LogP contribution in [0.15, 0.2) is 119 Å². The van der Waals surface area contributed by atoms with Crippen LogP contribution in [0.2, 0.25) is 0 Å². The van der Waals surface area contributed by atoms with E-state index in [2.05, 4.69) is 82.7 Å². The molecule has 0 aromatic heterocycles. The van der Waals surface area contributed by atoms with Crippen LogP contribution < -0.4 is 21.3 Å². The van der Waals surface area contributed by atoms with E-state index in [1.165, 1.54) is 26.0 Å². The van der Waals surface area contributed by atoms with Gasteiger partial charge in [0.05, 0.1) is 23.0 Å². The molecule has 696 valence electrons. The molecule has 32 atom stereocenters. The summed E-state index contributed by atoms with van der Waals surface area (Å²) in [5.74, 6) is -2.94. The van der Waals surface area contributed by atoms with E-state index in [1.54, 1.807) is 56.4 Å². The second kappa shape index (κ2) is 33.1. The SMILES string of the molecule is CCCNC(=O)[C@@]1(C)[C@H](C)CC2C3CC=C4C=C(OC(C)=O)C=C[C@]4(C)[C@@]3(F)[C@@H](C)C[C@@]21C.CCCNC(=O)[C@@]1(C)[C@H](C)CC2C3CCC4=CC(=O)C=C[C@]4(C)[C@@]3(F)[C@@H](C)C[C@@]21C.CCCNC(=O)[C@@]1(O)[C@H](C)CC2C3CC=C4C=C(OC(C)=O)C=C[C@]4(C)[C@@]3(F)[C@@H](O)C[C@@]21C.CCCNC(=O)[C@@]1(O)[C@H](C)CC2C3CCC4=CC(=O)C=C[C@]4(C)[C@@]3(F)[C@@H](O)C[C@@]21C. The van der Waals surface area contributed by atoms with Crippen molar-refractivity contribution in [2.75, 3.05) is 26.2 Å². The summed E-state index contributed by atoms with van der Waals surface area (Å²) in [5.41, 5.74) is -13.9. The molecule has 0 radical (unpaired) electrons. The van der Waals surface area contributed by atoms with Crippen LogP contribution in [0.4, 0.5) is 17.6 Å². The molecule has 0 spiro atoms. The molecule has 18 nitrogen and oxygen atoms in total. The fraction of sp³-hybridized carbons (Fsp3) is 0.731. The molecule has 0 heterocycles. The van der Waals surface area contributed by atoms with Crippen LogP contribution in [0.5, 0.6) is 0 Å². The van der Waals surface area contributed by atoms with Gasteiger partial charge < -0.3 is 51.2 Å². The van der Waals surface area contributed by atoms with E-state index in [4.69, 9.17) is 9.47 Å². The van der Waals surface area contributed by atoms with Gasteiger partial charge in [-0.25, -0.2) is 17.6 Å². The Kier molecular flexibility index (Phi) is 25.4. The number of fused-ring (bicyclic) bond motifs is 20. The normalized spacial score (nSPS) is 47.7. The van der Waals surface area contributed by atoms with Crippen molar-refractivity contribution in [3.8, 4) is 0 Å². The maximum Gasteiger partial charge on any atom is 0.308 e. The molecule has 16 aliphatic rings. The predicted octanol–water partition coefficient (Wildman–Crippen LogP) is 17.5. The Hall–Kier alpha value is -6.88. The number of nitrogens with one attached hydrogen (secondary N) is 4. The highest BCUT2D eigenvalue weighted by Crippen LogP contribution is 2.78. The van der Waals surface area contributed by atoms with Gasteiger partial charge in [0.1, 0.15) is 22.9 Å². The largest absolute Gasteiger partial charge is 0.427 e. The Morgan fingerprint density at radius 1 is 0.389 bits per heavy atom. The summed E-state index contributed by atoms with van der Waals surface area (Å²) < 4.78 is 79.7. The first-order valence-electron chi connectivity index (χ1n) is 47.8. The number of alkyl halides is 4. The van der Waals surface area contributed by atoms with Crippen LogP contribution in [0.1, 0.15) is 268 Å². The fourth-order valence-corrected chi connectivity index (χ4v) is 31.2. The number of aliphatic hydroxyl groups is 4. The monoisotopic (exact) mass is 1750 g/mol. The van der Waals surface area contributed by atoms with Gasteiger partial charge in [-0.15, -0.1) is 0 Å². The zero-order chi connectivity index (χ0) is 93.0. The third kappa shape index (κ3) is 13.3. The first-order chi connectivity index (χ1) is 58.6. The summed E-state index contributed by atoms with van der Waals surface area (Å²) in [6.45, 7) is 45.2. The molecule has 0 aromatic rings. The van der Waals surface area contributed by atoms with Crippen molar-refractivity contribution in [2.24, 2.45) is 137 Å². The first-order valence-corrected chi connectivity index (χ1v) is 47.8. The summed E-state index contributed by atoms with van der Waals surface area (Å²) >= 11 is 0. The lowest BCUT2D eigenvalue weighted by Crippen LogP contribution is -2.70. The molecule has 16 aliphatic carbocycles. The molecular formula is C104H148F4N4O14. The molecule has 10 saturated carbocycles. The van der Waals surface area contributed by atoms with Crippen LogP contribution in [0.25, 0.3) is 0 Å². The van der Waals surface area contributed by atoms with Crippen LogP contribution in [0.3, 0.4) is 0 Å². The summed E-state index contributed by atoms with van der Waals surface area (Å²) in [6.07, 6.45) is 32.6. The number of hydrogen-bond donors (Lipinski definition) is 8. The third-order valence-electron chi connectivity index (χ3n) is 38.6. The van der Waals surface area contributed by atoms with E-state index >= 15 is 17.6 Å². The molecule has 8 N–H and O–H groups in total. The molecule has 0 saturated heterocycles. The maximum atomic E-state index is 17.6. The van der Waals surface area contributed by atoms with E-state index in [1.807, 2.05) is 93.5 Å². The summed E-state index contributed by atoms with van der Waals surface area (Å²) in [4.78, 5) is 99.8. The number of esters is 2. The number of ether oxygens (including phenoxy) is 2. The van der Waals surface area contributed by atoms with Gasteiger partial charge in [0.25, 0.3) is 11.8 Å². The highest BCUT2D eigenvalue weighted by molar-refractivity contribution is 6.02. The van der Waals surface area contributed by atoms with Gasteiger partial charge in [0.15, 0.2) is 34.1 Å². The van der Waals surface area contributed by atoms with Crippen molar-refractivity contribution < 1.29 is 85.8 Å². The topological polar surface area (TPSA) is 284 Å². The maximum absolute atomic E-state index is 17.6. The number of rotatable bonds is 14. The zero-order valence-corrected chi connectivity index (χ0v) is 79.3. The molecule has 126 heavy (non-hydrogen) atoms. The Labute approximate surface area is 746 Å². The number of carbonyl (C=O) groups excluding carboxylic acids is 8. The van der Waals surface area contributed by atoms with Crippen LogP contribution in [0, 0.1) is 137 Å². The van der Waals surface area contributed by atoms with E-state index in [0.29, 0.717) is 94.6 Å². The number of hydrogen-bond acceptors (Lipinski definition) is 14. The van der Waals surface area contributed by atoms with Gasteiger partial charge in [-0.3, -0.25) is 38.4 Å². The second-order valence-electron chi connectivity index (χ2n) is 44.2. The van der Waals surface area contributed by atoms with E-state index in [-0.39, 0.29) is 124 Å². The standard InChI is InChI=1S/C28H40FNO3.C26H36FNO5.C26H38FNO2.C24H34FNO4/c1-8-13-30-24(32)27(7)17(2)14-23-22-10-9-20-15-21(33-19(4)31)11-12-25(20,5)28(22,29)18(3)16-26(23,27)6;1-6-11-28-22(31)26(32)15(2)12-20-19-8-7-17-13-18(33-16(3)29)9-10-23(17,4)25(19,27)21(30)14-24(20,26)5;1-7-12-28-22(30)25(6)16(2)13-21-20-9-8-18-14-19(29)10-11-23(18,4)26(20,27)17(3)15-24(21,25)5;1-5-10-26-20(29)24(30)14(2)11-18-17-7-6-15-12-16(27)8-9-21(15,3)23(17,25)19(28)13-22(18,24)4/h9,11-12,15,17-18,22-23H,8,10,13-14,16H2,1-7H3,(H,30,32);7,9-10,13,15,19-21,30,32H,6,8,11-12,14H2,1-5H3,(H,28,31);10-11,14,16-17,20-21H,7-9,12-13,15H2,1-6H3,(H,28,30);8-9,12,14,17-19,28,30H,5-7,10-11,13H2,1-4H3,(H,26,29)/t17-,18+,22?,23?,25+,26+,27-,28-;15-,19?,20?,21+,23+,24+,25+,26+;16-,17+,20?,21?,23+,24+,25-,26-;14-,17?,18?,19+,21+,22+,23+,24+/m1111/s1. The van der Waals surface area contributed by atoms with Crippen molar-refractivity contribution in [3.63, 3.8) is 0 Å². The Balaban J connectivity index is 0.000000144. The first kappa shape index (κ1) is 96.7. The van der Waals surface area contributed by atoms with Crippen molar-refractivity contribution in [1.29, 1.82) is 0 Å². The van der Waals surface area contributed by atoms with Gasteiger partial charge in [0, 0.05) is 90.3 Å². The van der Waals surface area contributed by atoms with Crippen molar-refractivity contribution >= 4 is 47.1 Å². The highest BCUT2D eigenvalue weighted by atomic mass is 19.2. The minimum Gasteiger partial charge on any atom is -0.427 e. The van der Waals surface area contributed by atoms with Crippen LogP contribution in [-0.4, -0.2) is 140 Å². The van der Waals surface area contributed by atoms with Crippen molar-refractivity contribution in [1.82, 2.24) is 21.3 Å². The minimum absolute atomic E-state index is 0.00963. The average Bonchev–Trinajstić information content (AvgIpc) is 1.40. The molecule has 22 heteroatoms. The number of aliphatic hydroxyl groups excluding tert-OH is 2. The number of ketones is 2. The smallest absolute Gasteiger partial charge is 0.308 e. The summed E-state index contributed by atoms with van der Waals surface area (Å²) in [6, 6.07) is 0. The average molecular weight is 1750 g/mol. The fourth-order valence-electron chi connectivity index (χ4n) is 31.2. The van der Waals surface area contributed by atoms with E-state index in [9.17, 15) is 58.8 Å². The third-order valence-corrected chi connectivity index (χ3v) is 38.6. The highest BCUT2D eigenvalue weighted by Gasteiger charge is 2.80. The van der Waals surface area contributed by atoms with Gasteiger partial charge >= 0.3 is 11.9 Å². The van der Waals surface area contributed by atoms with Crippen molar-refractivity contribution in [3.05, 3.63) is 119 Å². The Bertz CT molecular complexity index is 4450. The quantitative estimate of drug-likeness (QED) is 0.0593. The van der Waals surface area contributed by atoms with Crippen molar-refractivity contribution in [2.45, 2.75) is 314 Å². The number of allylic oxidation sites excluding steroid dienone is 18. The molecule has 0 bridgehead atoms. The molecule has 16 rings (SSSR count). The lowest BCUT2D eigenvalue weighted by molar-refractivity contribution is -0.219. The van der Waals surface area contributed by atoms with Gasteiger partial charge in [-0.1, -0.05) is 145 Å². The van der Waals surface area contributed by atoms with Crippen LogP contribution in [-0.2, 0) is 47.8 Å². The van der Waals surface area contributed by atoms with Gasteiger partial charge in [-0.05, 0) is 293 Å². The Morgan fingerprint density at radius 3 is 1.07 bits per heavy atom. The molecule has 8 unspecified atom stereocenters.